The van der Waals surface area contributed by atoms with Gasteiger partial charge in [-0.05, 0) is 139 Å². The molecule has 1 aromatic heterocycles. The van der Waals surface area contributed by atoms with Gasteiger partial charge in [-0.25, -0.2) is 4.98 Å². The van der Waals surface area contributed by atoms with Crippen molar-refractivity contribution in [3.63, 3.8) is 0 Å². The van der Waals surface area contributed by atoms with Crippen LogP contribution in [0.5, 0.6) is 0 Å². The number of fused-ring (bicyclic) bond motifs is 10. The van der Waals surface area contributed by atoms with E-state index in [0.29, 0.717) is 0 Å². The molecule has 0 N–H and O–H groups in total. The van der Waals surface area contributed by atoms with E-state index in [2.05, 4.69) is 202 Å². The van der Waals surface area contributed by atoms with Crippen molar-refractivity contribution in [2.24, 2.45) is 0 Å². The fourth-order valence-electron chi connectivity index (χ4n) is 9.63. The Morgan fingerprint density at radius 2 is 1.09 bits per heavy atom. The third-order valence-electron chi connectivity index (χ3n) is 13.0. The van der Waals surface area contributed by atoms with Gasteiger partial charge in [0.1, 0.15) is 5.82 Å². The molecule has 276 valence electrons. The Balaban J connectivity index is 1.17. The molecule has 1 aliphatic carbocycles. The van der Waals surface area contributed by atoms with Gasteiger partial charge in [-0.1, -0.05) is 109 Å². The molecular weight excluding hydrogens is 697 g/mol. The summed E-state index contributed by atoms with van der Waals surface area (Å²) in [5, 5.41) is 0. The van der Waals surface area contributed by atoms with Crippen molar-refractivity contribution < 1.29 is 9.31 Å². The van der Waals surface area contributed by atoms with Crippen LogP contribution in [0.3, 0.4) is 0 Å². The van der Waals surface area contributed by atoms with Gasteiger partial charge in [0.05, 0.1) is 39.0 Å². The molecule has 0 unspecified atom stereocenters. The number of rotatable bonds is 4. The highest BCUT2D eigenvalue weighted by molar-refractivity contribution is 6.62. The summed E-state index contributed by atoms with van der Waals surface area (Å²) in [6.45, 7) is 10.6. The minimum absolute atomic E-state index is 0.456. The fourth-order valence-corrected chi connectivity index (χ4v) is 9.63. The van der Waals surface area contributed by atoms with Gasteiger partial charge in [-0.15, -0.1) is 0 Å². The van der Waals surface area contributed by atoms with Crippen LogP contribution in [0, 0.1) is 6.92 Å². The molecule has 0 atom stereocenters. The first-order chi connectivity index (χ1) is 27.7. The summed E-state index contributed by atoms with van der Waals surface area (Å²) in [5.41, 5.74) is 15.9. The lowest BCUT2D eigenvalue weighted by atomic mass is 9.63. The number of aromatic nitrogens is 2. The lowest BCUT2D eigenvalue weighted by Crippen LogP contribution is -2.41. The molecule has 0 saturated carbocycles. The Bertz CT molecular complexity index is 2850. The quantitative estimate of drug-likeness (QED) is 0.169. The van der Waals surface area contributed by atoms with Crippen LogP contribution in [0.2, 0.25) is 0 Å². The maximum atomic E-state index is 6.69. The second-order valence-electron chi connectivity index (χ2n) is 16.6. The second-order valence-corrected chi connectivity index (χ2v) is 16.6. The summed E-state index contributed by atoms with van der Waals surface area (Å²) < 4.78 is 15.6. The normalized spacial score (nSPS) is 16.7. The molecule has 7 aromatic carbocycles. The van der Waals surface area contributed by atoms with Crippen LogP contribution < -0.4 is 10.4 Å². The summed E-state index contributed by atoms with van der Waals surface area (Å²) in [6, 6.07) is 59.9. The molecule has 1 fully saturated rings. The molecule has 0 bridgehead atoms. The standard InChI is InChI=1S/C51H42BN3O2/c1-33-53-45-22-11-14-25-48(45)54(33)38-19-15-16-34(30-38)35-26-28-39-40-29-27-36(52-56-49(2,3)50(4,5)57-52)32-44(40)51(43(39)31-35)41-20-9-12-23-46(41)55(37-17-7-6-8-18-37)47-24-13-10-21-42(47)51/h6-32H,1-5H3. The number of nitrogens with zero attached hydrogens (tertiary/aromatic N) is 3. The molecule has 3 aliphatic rings. The van der Waals surface area contributed by atoms with Crippen molar-refractivity contribution in [1.82, 2.24) is 9.55 Å². The van der Waals surface area contributed by atoms with Crippen LogP contribution >= 0.6 is 0 Å². The van der Waals surface area contributed by atoms with Gasteiger partial charge in [0.2, 0.25) is 0 Å². The molecule has 3 heterocycles. The first-order valence-electron chi connectivity index (χ1n) is 19.9. The Hall–Kier alpha value is -6.21. The van der Waals surface area contributed by atoms with Crippen LogP contribution in [-0.2, 0) is 14.7 Å². The minimum atomic E-state index is -0.631. The Morgan fingerprint density at radius 3 is 1.81 bits per heavy atom. The number of imidazole rings is 1. The van der Waals surface area contributed by atoms with Crippen LogP contribution in [0.15, 0.2) is 164 Å². The summed E-state index contributed by atoms with van der Waals surface area (Å²) in [6.07, 6.45) is 0. The minimum Gasteiger partial charge on any atom is -0.399 e. The number of para-hydroxylation sites is 5. The molecule has 0 radical (unpaired) electrons. The molecule has 1 saturated heterocycles. The van der Waals surface area contributed by atoms with Gasteiger partial charge in [-0.2, -0.15) is 0 Å². The predicted octanol–water partition coefficient (Wildman–Crippen LogP) is 11.4. The van der Waals surface area contributed by atoms with E-state index in [0.717, 1.165) is 56.2 Å². The molecule has 5 nitrogen and oxygen atoms in total. The number of hydrogen-bond donors (Lipinski definition) is 0. The van der Waals surface area contributed by atoms with E-state index in [9.17, 15) is 0 Å². The predicted molar refractivity (Wildman–Crippen MR) is 233 cm³/mol. The summed E-state index contributed by atoms with van der Waals surface area (Å²) >= 11 is 0. The number of benzene rings is 7. The highest BCUT2D eigenvalue weighted by Crippen LogP contribution is 2.63. The summed E-state index contributed by atoms with van der Waals surface area (Å²) in [7, 11) is -0.489. The average molecular weight is 740 g/mol. The number of anilines is 3. The van der Waals surface area contributed by atoms with E-state index in [1.807, 2.05) is 6.07 Å². The van der Waals surface area contributed by atoms with E-state index < -0.39 is 23.7 Å². The van der Waals surface area contributed by atoms with Crippen molar-refractivity contribution in [1.29, 1.82) is 0 Å². The van der Waals surface area contributed by atoms with E-state index >= 15 is 0 Å². The van der Waals surface area contributed by atoms with E-state index in [1.54, 1.807) is 0 Å². The van der Waals surface area contributed by atoms with Crippen molar-refractivity contribution in [3.8, 4) is 27.9 Å². The summed E-state index contributed by atoms with van der Waals surface area (Å²) in [4.78, 5) is 7.31. The van der Waals surface area contributed by atoms with E-state index in [4.69, 9.17) is 14.3 Å². The zero-order valence-corrected chi connectivity index (χ0v) is 32.8. The average Bonchev–Trinajstić information content (AvgIpc) is 3.80. The molecular formula is C51H42BN3O2. The smallest absolute Gasteiger partial charge is 0.399 e. The van der Waals surface area contributed by atoms with Gasteiger partial charge >= 0.3 is 7.12 Å². The Morgan fingerprint density at radius 1 is 0.509 bits per heavy atom. The lowest BCUT2D eigenvalue weighted by molar-refractivity contribution is 0.00578. The Labute approximate surface area is 334 Å². The topological polar surface area (TPSA) is 39.5 Å². The highest BCUT2D eigenvalue weighted by atomic mass is 16.7. The number of aryl methyl sites for hydroxylation is 1. The van der Waals surface area contributed by atoms with E-state index in [1.165, 1.54) is 33.4 Å². The zero-order chi connectivity index (χ0) is 38.7. The SMILES string of the molecule is Cc1nc2ccccc2n1-c1cccc(-c2ccc3c(c2)C2(c4cc(B5OC(C)(C)C(C)(C)O5)ccc4-3)c3ccccc3N(c3ccccc3)c3ccccc32)c1. The molecule has 8 aromatic rings. The van der Waals surface area contributed by atoms with Crippen molar-refractivity contribution >= 4 is 40.7 Å². The number of hydrogen-bond acceptors (Lipinski definition) is 4. The second kappa shape index (κ2) is 12.1. The molecule has 57 heavy (non-hydrogen) atoms. The first kappa shape index (κ1) is 34.1. The van der Waals surface area contributed by atoms with E-state index in [-0.39, 0.29) is 0 Å². The highest BCUT2D eigenvalue weighted by Gasteiger charge is 2.55. The van der Waals surface area contributed by atoms with Crippen LogP contribution in [-0.4, -0.2) is 27.9 Å². The molecule has 1 spiro atoms. The lowest BCUT2D eigenvalue weighted by Gasteiger charge is -2.45. The van der Waals surface area contributed by atoms with Gasteiger partial charge in [0.25, 0.3) is 0 Å². The largest absolute Gasteiger partial charge is 0.494 e. The Kier molecular flexibility index (Phi) is 7.26. The third kappa shape index (κ3) is 4.81. The molecule has 11 rings (SSSR count). The van der Waals surface area contributed by atoms with Crippen LogP contribution in [0.25, 0.3) is 39.0 Å². The van der Waals surface area contributed by atoms with Crippen LogP contribution in [0.4, 0.5) is 17.1 Å². The monoisotopic (exact) mass is 739 g/mol. The van der Waals surface area contributed by atoms with Crippen molar-refractivity contribution in [2.75, 3.05) is 4.90 Å². The van der Waals surface area contributed by atoms with Crippen LogP contribution in [0.1, 0.15) is 55.8 Å². The maximum Gasteiger partial charge on any atom is 0.494 e. The van der Waals surface area contributed by atoms with Gasteiger partial charge in [0.15, 0.2) is 0 Å². The van der Waals surface area contributed by atoms with Gasteiger partial charge < -0.3 is 14.2 Å². The fraction of sp³-hybridized carbons (Fsp3) is 0.157. The molecule has 2 aliphatic heterocycles. The van der Waals surface area contributed by atoms with Gasteiger partial charge in [-0.3, -0.25) is 4.57 Å². The maximum absolute atomic E-state index is 6.69. The van der Waals surface area contributed by atoms with Crippen molar-refractivity contribution in [3.05, 3.63) is 192 Å². The van der Waals surface area contributed by atoms with Gasteiger partial charge in [0, 0.05) is 11.4 Å². The summed E-state index contributed by atoms with van der Waals surface area (Å²) in [5.74, 6) is 0.966. The first-order valence-corrected chi connectivity index (χ1v) is 19.9. The molecule has 6 heteroatoms. The third-order valence-corrected chi connectivity index (χ3v) is 13.0. The van der Waals surface area contributed by atoms with Crippen molar-refractivity contribution in [2.45, 2.75) is 51.2 Å². The zero-order valence-electron chi connectivity index (χ0n) is 32.8. The molecule has 0 amide bonds.